The summed E-state index contributed by atoms with van der Waals surface area (Å²) in [6.45, 7) is 56.0. The minimum absolute atomic E-state index is 0.108. The molecule has 7 aromatic carbocycles. The lowest BCUT2D eigenvalue weighted by Crippen LogP contribution is -2.49. The quantitative estimate of drug-likeness (QED) is 0.0556. The number of amides is 2. The number of rotatable bonds is 25. The second-order valence-electron chi connectivity index (χ2n) is 42.7. The maximum atomic E-state index is 12.9. The Bertz CT molecular complexity index is 6260. The first-order chi connectivity index (χ1) is 70.2. The summed E-state index contributed by atoms with van der Waals surface area (Å²) in [5.74, 6) is 14.0. The van der Waals surface area contributed by atoms with E-state index >= 15 is 0 Å². The van der Waals surface area contributed by atoms with Crippen LogP contribution in [-0.4, -0.2) is 176 Å². The van der Waals surface area contributed by atoms with Crippen molar-refractivity contribution in [1.82, 2.24) is 74.7 Å². The van der Waals surface area contributed by atoms with Crippen LogP contribution < -0.4 is 19.5 Å². The van der Waals surface area contributed by atoms with Gasteiger partial charge in [-0.1, -0.05) is 223 Å². The number of imidazole rings is 1. The zero-order valence-corrected chi connectivity index (χ0v) is 90.5. The van der Waals surface area contributed by atoms with Crippen LogP contribution in [0.1, 0.15) is 365 Å². The zero-order chi connectivity index (χ0) is 104. The molecule has 2 aliphatic carbocycles. The molecule has 13 aromatic rings. The Labute approximate surface area is 864 Å². The second-order valence-corrected chi connectivity index (χ2v) is 42.7. The van der Waals surface area contributed by atoms with Gasteiger partial charge >= 0.3 is 0 Å². The summed E-state index contributed by atoms with van der Waals surface area (Å²) < 4.78 is 54.7. The molecular formula is C119H156N16O11. The minimum Gasteiger partial charge on any atom is -0.494 e. The fourth-order valence-corrected chi connectivity index (χ4v) is 18.5. The number of nitrogens with one attached hydrogen (secondary N) is 1. The number of morpholine rings is 2. The van der Waals surface area contributed by atoms with E-state index in [1.54, 1.807) is 19.6 Å². The molecule has 12 heterocycles. The standard InChI is InChI=1S/C18H25NO3.C16H20N2O2.C16H20N2.C16H21NO2.C15H20N2O.C14H17N3.C14H18N2O2.C10H15N3O/c1-4-22-17-9-13(5-8-16(17)12(2)3)18(20)19-14-6-7-15(19)11-21-10-14;1-4-19-14-9-12(7-8-13(14)10(2)3)16-18-17-15(20-16)11-5-6-11;1-12(2)13-6-8-14(9-7-13)16-17-11-15-5-3-4-10-18(15)16;1-11(2)12-3-5-13(6-4-12)16(18)17-14-7-8-15(17)10-19-9-14;1-10(2)11-6-8-12(9-7-11)13-16-17-14(18-13)15(3,4)5;1-10(2)11-3-5-12(6-4-11)14-15-9-16-17(14)13-7-8-13;1-5-17-13-8-11(6-7-12(13)9(2)3)14-16-15-10(4)18-14;1-7(2)9-3-10(12-6-11-9)13-8-4-14-5-8/h5,8-9,12,14-15H,4,6-7,10-11H2,1-3H3;7-11H,4-6H2,1-3H3;6-9,11-12H,3-5,10H2,1-2H3;3-6,11,14-15H,7-10H2,1-2H3;6-10H,1-5H3;3-6,9-10,13H,7-8H2,1-2H3;6-9H,5H2,1-4H3;3,6-8H,4-5H2,1-2H3,(H,11,12,13). The van der Waals surface area contributed by atoms with Crippen LogP contribution in [0.3, 0.4) is 0 Å². The highest BCUT2D eigenvalue weighted by atomic mass is 16.5. The number of ether oxygens (including phenoxy) is 6. The van der Waals surface area contributed by atoms with Gasteiger partial charge in [-0.2, -0.15) is 5.10 Å². The summed E-state index contributed by atoms with van der Waals surface area (Å²) in [4.78, 5) is 47.0. The van der Waals surface area contributed by atoms with Gasteiger partial charge in [0.05, 0.1) is 95.7 Å². The number of aromatic nitrogens is 13. The molecule has 0 radical (unpaired) electrons. The Morgan fingerprint density at radius 1 is 0.404 bits per heavy atom. The highest BCUT2D eigenvalue weighted by molar-refractivity contribution is 5.96. The Hall–Kier alpha value is -12.6. The van der Waals surface area contributed by atoms with Crippen molar-refractivity contribution >= 4 is 17.6 Å². The van der Waals surface area contributed by atoms with Gasteiger partial charge in [0, 0.05) is 87.4 Å². The van der Waals surface area contributed by atoms with Crippen molar-refractivity contribution in [3.05, 3.63) is 256 Å². The lowest BCUT2D eigenvalue weighted by atomic mass is 9.97. The first-order valence-corrected chi connectivity index (χ1v) is 53.3. The maximum absolute atomic E-state index is 12.9. The Kier molecular flexibility index (Phi) is 38.2. The summed E-state index contributed by atoms with van der Waals surface area (Å²) >= 11 is 0. The van der Waals surface area contributed by atoms with E-state index in [1.165, 1.54) is 82.3 Å². The highest BCUT2D eigenvalue weighted by Crippen LogP contribution is 2.43. The number of carbonyl (C=O) groups excluding carboxylic acids is 2. The van der Waals surface area contributed by atoms with E-state index in [0.29, 0.717) is 141 Å². The van der Waals surface area contributed by atoms with Crippen molar-refractivity contribution in [2.75, 3.05) is 64.8 Å². The van der Waals surface area contributed by atoms with Gasteiger partial charge in [0.15, 0.2) is 5.82 Å². The number of hydrogen-bond donors (Lipinski definition) is 1. The van der Waals surface area contributed by atoms with Crippen molar-refractivity contribution in [3.63, 3.8) is 0 Å². The monoisotopic (exact) mass is 1990 g/mol. The molecule has 7 fully saturated rings. The van der Waals surface area contributed by atoms with Gasteiger partial charge in [-0.15, -0.1) is 30.6 Å². The molecule has 5 saturated heterocycles. The van der Waals surface area contributed by atoms with Crippen molar-refractivity contribution < 1.29 is 51.3 Å². The third-order valence-corrected chi connectivity index (χ3v) is 27.5. The summed E-state index contributed by atoms with van der Waals surface area (Å²) in [5.41, 5.74) is 18.0. The van der Waals surface area contributed by atoms with Crippen molar-refractivity contribution in [1.29, 1.82) is 0 Å². The molecule has 778 valence electrons. The van der Waals surface area contributed by atoms with Gasteiger partial charge in [-0.3, -0.25) is 9.59 Å². The average molecular weight is 1990 g/mol. The summed E-state index contributed by atoms with van der Waals surface area (Å²) in [5, 5.41) is 32.0. The normalized spacial score (nSPS) is 17.1. The predicted octanol–water partition coefficient (Wildman–Crippen LogP) is 26.7. The molecular weight excluding hydrogens is 1830 g/mol. The topological polar surface area (TPSA) is 299 Å². The number of hydrogen-bond acceptors (Lipinski definition) is 23. The molecule has 21 rings (SSSR count). The summed E-state index contributed by atoms with van der Waals surface area (Å²) in [6, 6.07) is 56.0. The largest absolute Gasteiger partial charge is 0.494 e. The average Bonchev–Trinajstić information content (AvgIpc) is 1.57. The maximum Gasteiger partial charge on any atom is 0.254 e. The molecule has 6 aromatic heterocycles. The van der Waals surface area contributed by atoms with Crippen molar-refractivity contribution in [2.45, 2.75) is 331 Å². The lowest BCUT2D eigenvalue weighted by molar-refractivity contribution is -0.00730. The molecule has 4 atom stereocenters. The first kappa shape index (κ1) is 109. The summed E-state index contributed by atoms with van der Waals surface area (Å²) in [6.07, 6.45) is 18.1. The van der Waals surface area contributed by atoms with Gasteiger partial charge in [-0.25, -0.2) is 24.6 Å². The van der Waals surface area contributed by atoms with Crippen LogP contribution in [0.2, 0.25) is 0 Å². The van der Waals surface area contributed by atoms with E-state index in [4.69, 9.17) is 41.7 Å². The molecule has 27 heteroatoms. The highest BCUT2D eigenvalue weighted by Gasteiger charge is 2.43. The zero-order valence-electron chi connectivity index (χ0n) is 90.5. The Morgan fingerprint density at radius 3 is 1.28 bits per heavy atom. The number of nitrogens with zero attached hydrogens (tertiary/aromatic N) is 15. The fraction of sp³-hybridized carbons (Fsp3) is 0.504. The second kappa shape index (κ2) is 51.2. The van der Waals surface area contributed by atoms with Crippen LogP contribution in [0.5, 0.6) is 17.2 Å². The van der Waals surface area contributed by atoms with Gasteiger partial charge in [0.25, 0.3) is 11.8 Å². The SMILES string of the molecule is CC(C)c1cc(NC2COC2)ncn1.CC(C)c1ccc(-c2ncc3n2CCCC3)cc1.CC(C)c1ccc(-c2ncnn2C2CC2)cc1.CC(C)c1ccc(-c2nnc(C(C)(C)C)o2)cc1.CC(C)c1ccc(C(=O)N2C3CCC2COC3)cc1.CCOc1cc(-c2nnc(C)o2)ccc1C(C)C.CCOc1cc(-c2nnc(C3CC3)o2)ccc1C(C)C.CCOc1cc(C(=O)N2C3CCC2COC3)ccc1C(C)C. The van der Waals surface area contributed by atoms with E-state index in [0.717, 1.165) is 138 Å². The number of anilines is 1. The molecule has 2 amide bonds. The van der Waals surface area contributed by atoms with Crippen LogP contribution in [0.15, 0.2) is 190 Å². The molecule has 2 saturated carbocycles. The minimum atomic E-state index is -0.108. The van der Waals surface area contributed by atoms with E-state index in [2.05, 4.69) is 287 Å². The number of fused-ring (bicyclic) bond motifs is 5. The molecule has 4 bridgehead atoms. The van der Waals surface area contributed by atoms with Crippen molar-refractivity contribution in [2.24, 2.45) is 0 Å². The van der Waals surface area contributed by atoms with Crippen LogP contribution in [0.4, 0.5) is 5.82 Å². The summed E-state index contributed by atoms with van der Waals surface area (Å²) in [7, 11) is 0. The molecule has 4 unspecified atom stereocenters. The van der Waals surface area contributed by atoms with E-state index < -0.39 is 0 Å². The first-order valence-electron chi connectivity index (χ1n) is 53.3. The molecule has 27 nitrogen and oxygen atoms in total. The van der Waals surface area contributed by atoms with Gasteiger partial charge < -0.3 is 61.4 Å². The van der Waals surface area contributed by atoms with E-state index in [1.807, 2.05) is 110 Å². The smallest absolute Gasteiger partial charge is 0.254 e. The van der Waals surface area contributed by atoms with Gasteiger partial charge in [0.2, 0.25) is 35.3 Å². The number of benzene rings is 7. The van der Waals surface area contributed by atoms with E-state index in [-0.39, 0.29) is 41.4 Å². The third kappa shape index (κ3) is 28.8. The fourth-order valence-electron chi connectivity index (χ4n) is 18.5. The molecule has 0 spiro atoms. The van der Waals surface area contributed by atoms with Gasteiger partial charge in [-0.05, 0) is 238 Å². The van der Waals surface area contributed by atoms with Crippen LogP contribution >= 0.6 is 0 Å². The molecule has 8 aliphatic rings. The number of aryl methyl sites for hydroxylation is 2. The third-order valence-electron chi connectivity index (χ3n) is 27.5. The molecule has 146 heavy (non-hydrogen) atoms. The Morgan fingerprint density at radius 2 is 0.836 bits per heavy atom. The van der Waals surface area contributed by atoms with Crippen LogP contribution in [0, 0.1) is 6.92 Å². The van der Waals surface area contributed by atoms with Crippen LogP contribution in [0.25, 0.3) is 57.1 Å². The number of carbonyl (C=O) groups is 2. The molecule has 1 N–H and O–H groups in total. The lowest BCUT2D eigenvalue weighted by Gasteiger charge is -2.34. The van der Waals surface area contributed by atoms with Gasteiger partial charge in [0.1, 0.15) is 41.5 Å². The van der Waals surface area contributed by atoms with E-state index in [9.17, 15) is 9.59 Å². The Balaban J connectivity index is 0.000000132. The van der Waals surface area contributed by atoms with Crippen molar-refractivity contribution in [3.8, 4) is 74.4 Å². The van der Waals surface area contributed by atoms with Crippen LogP contribution in [-0.2, 0) is 32.6 Å². The molecule has 6 aliphatic heterocycles. The predicted molar refractivity (Wildman–Crippen MR) is 576 cm³/mol.